The predicted octanol–water partition coefficient (Wildman–Crippen LogP) is 2.58. The summed E-state index contributed by atoms with van der Waals surface area (Å²) in [4.78, 5) is 24.5. The zero-order valence-corrected chi connectivity index (χ0v) is 17.8. The largest absolute Gasteiger partial charge is 0.383 e. The summed E-state index contributed by atoms with van der Waals surface area (Å²) in [6, 6.07) is 3.83. The van der Waals surface area contributed by atoms with Crippen molar-refractivity contribution in [2.75, 3.05) is 23.7 Å². The summed E-state index contributed by atoms with van der Waals surface area (Å²) in [5.41, 5.74) is 4.62. The van der Waals surface area contributed by atoms with Gasteiger partial charge in [0.15, 0.2) is 0 Å². The first kappa shape index (κ1) is 19.7. The Balaban J connectivity index is 1.23. The van der Waals surface area contributed by atoms with Gasteiger partial charge >= 0.3 is 0 Å². The van der Waals surface area contributed by atoms with E-state index in [1.54, 1.807) is 6.20 Å². The molecule has 2 atom stereocenters. The van der Waals surface area contributed by atoms with Gasteiger partial charge in [-0.1, -0.05) is 12.5 Å². The number of carbonyl (C=O) groups is 1. The molecular weight excluding hydrogens is 412 g/mol. The van der Waals surface area contributed by atoms with Gasteiger partial charge in [0.1, 0.15) is 23.6 Å². The Morgan fingerprint density at radius 1 is 1.42 bits per heavy atom. The quantitative estimate of drug-likeness (QED) is 0.439. The molecule has 3 aromatic heterocycles. The van der Waals surface area contributed by atoms with Crippen LogP contribution in [0.15, 0.2) is 29.6 Å². The van der Waals surface area contributed by atoms with E-state index in [1.807, 2.05) is 19.2 Å². The molecule has 0 spiro atoms. The number of carbonyl (C=O) groups excluding carboxylic acids is 1. The molecule has 1 aliphatic heterocycles. The fourth-order valence-corrected chi connectivity index (χ4v) is 5.07. The van der Waals surface area contributed by atoms with Gasteiger partial charge in [-0.3, -0.25) is 15.4 Å². The number of fused-ring (bicyclic) bond motifs is 1. The first-order valence-electron chi connectivity index (χ1n) is 10.3. The molecule has 0 unspecified atom stereocenters. The van der Waals surface area contributed by atoms with Crippen molar-refractivity contribution in [3.8, 4) is 6.07 Å². The second-order valence-corrected chi connectivity index (χ2v) is 8.61. The van der Waals surface area contributed by atoms with Gasteiger partial charge in [-0.05, 0) is 30.4 Å². The molecule has 0 bridgehead atoms. The van der Waals surface area contributed by atoms with Crippen LogP contribution >= 0.6 is 11.5 Å². The van der Waals surface area contributed by atoms with Crippen molar-refractivity contribution in [2.45, 2.75) is 32.2 Å². The zero-order chi connectivity index (χ0) is 21.4. The molecule has 158 valence electrons. The van der Waals surface area contributed by atoms with E-state index in [0.29, 0.717) is 16.6 Å². The number of H-pyrrole nitrogens is 1. The summed E-state index contributed by atoms with van der Waals surface area (Å²) in [6.07, 6.45) is 5.97. The number of aryl methyl sites for hydroxylation is 1. The number of hydrogen-bond donors (Lipinski definition) is 4. The molecule has 0 radical (unpaired) electrons. The second kappa shape index (κ2) is 8.09. The molecule has 2 aliphatic rings. The number of amides is 1. The number of rotatable bonds is 6. The first-order chi connectivity index (χ1) is 15.2. The highest BCUT2D eigenvalue weighted by Gasteiger charge is 2.37. The molecule has 4 N–H and O–H groups in total. The molecule has 1 amide bonds. The van der Waals surface area contributed by atoms with E-state index < -0.39 is 0 Å². The summed E-state index contributed by atoms with van der Waals surface area (Å²) in [7, 11) is 0. The van der Waals surface area contributed by atoms with Crippen LogP contribution < -0.4 is 16.0 Å². The van der Waals surface area contributed by atoms with Gasteiger partial charge in [0.05, 0.1) is 11.3 Å². The fourth-order valence-electron chi connectivity index (χ4n) is 4.41. The highest BCUT2D eigenvalue weighted by molar-refractivity contribution is 7.09. The lowest BCUT2D eigenvalue weighted by molar-refractivity contribution is -0.117. The number of nitrogens with zero attached hydrogens (tertiary/aromatic N) is 4. The van der Waals surface area contributed by atoms with Crippen molar-refractivity contribution in [3.63, 3.8) is 0 Å². The second-order valence-electron chi connectivity index (χ2n) is 7.86. The van der Waals surface area contributed by atoms with Crippen molar-refractivity contribution in [2.24, 2.45) is 5.92 Å². The van der Waals surface area contributed by atoms with Crippen LogP contribution in [0.4, 0.5) is 10.8 Å². The molecule has 31 heavy (non-hydrogen) atoms. The summed E-state index contributed by atoms with van der Waals surface area (Å²) >= 11 is 1.22. The molecule has 9 nitrogen and oxygen atoms in total. The maximum atomic E-state index is 12.8. The summed E-state index contributed by atoms with van der Waals surface area (Å²) in [5.74, 6) is 1.05. The maximum Gasteiger partial charge on any atom is 0.247 e. The minimum absolute atomic E-state index is 0.0765. The number of pyridine rings is 1. The smallest absolute Gasteiger partial charge is 0.247 e. The van der Waals surface area contributed by atoms with Crippen LogP contribution in [0, 0.1) is 17.2 Å². The molecule has 4 heterocycles. The molecular formula is C21H22N8OS. The monoisotopic (exact) mass is 434 g/mol. The molecule has 0 saturated carbocycles. The Labute approximate surface area is 183 Å². The Kier molecular flexibility index (Phi) is 5.13. The Bertz CT molecular complexity index is 1220. The van der Waals surface area contributed by atoms with Crippen LogP contribution in [0.3, 0.4) is 0 Å². The number of aromatic nitrogens is 4. The van der Waals surface area contributed by atoms with Crippen LogP contribution in [0.2, 0.25) is 0 Å². The Hall–Kier alpha value is -3.29. The molecule has 0 saturated heterocycles. The summed E-state index contributed by atoms with van der Waals surface area (Å²) in [6.45, 7) is 3.46. The lowest BCUT2D eigenvalue weighted by Crippen LogP contribution is -2.39. The number of aromatic amines is 1. The van der Waals surface area contributed by atoms with E-state index in [0.717, 1.165) is 54.9 Å². The zero-order valence-electron chi connectivity index (χ0n) is 17.0. The van der Waals surface area contributed by atoms with Crippen molar-refractivity contribution >= 4 is 39.3 Å². The topological polar surface area (TPSA) is 131 Å². The number of nitrogens with one attached hydrogen (secondary N) is 4. The number of hydrogen-bond acceptors (Lipinski definition) is 8. The van der Waals surface area contributed by atoms with Crippen molar-refractivity contribution in [3.05, 3.63) is 41.0 Å². The van der Waals surface area contributed by atoms with E-state index in [9.17, 15) is 10.1 Å². The highest BCUT2D eigenvalue weighted by atomic mass is 32.1. The molecule has 0 aromatic carbocycles. The van der Waals surface area contributed by atoms with E-state index >= 15 is 0 Å². The third-order valence-electron chi connectivity index (χ3n) is 5.92. The SMILES string of the molecule is CCc1nsc(NC(=O)[C@H]2NCC3=C2C[C@@H](CNc2c(C#N)cnc4[nH]ccc24)C3)n1. The normalized spacial score (nSPS) is 20.1. The van der Waals surface area contributed by atoms with E-state index in [2.05, 4.69) is 41.3 Å². The minimum Gasteiger partial charge on any atom is -0.383 e. The summed E-state index contributed by atoms with van der Waals surface area (Å²) < 4.78 is 4.22. The lowest BCUT2D eigenvalue weighted by atomic mass is 10.0. The summed E-state index contributed by atoms with van der Waals surface area (Å²) in [5, 5.41) is 20.6. The Morgan fingerprint density at radius 3 is 3.13 bits per heavy atom. The van der Waals surface area contributed by atoms with Crippen LogP contribution in [-0.4, -0.2) is 44.4 Å². The molecule has 1 aliphatic carbocycles. The van der Waals surface area contributed by atoms with Gasteiger partial charge in [0, 0.05) is 48.8 Å². The van der Waals surface area contributed by atoms with Gasteiger partial charge < -0.3 is 10.3 Å². The number of anilines is 2. The number of nitriles is 1. The van der Waals surface area contributed by atoms with Gasteiger partial charge in [0.25, 0.3) is 0 Å². The van der Waals surface area contributed by atoms with Crippen molar-refractivity contribution < 1.29 is 4.79 Å². The predicted molar refractivity (Wildman–Crippen MR) is 119 cm³/mol. The van der Waals surface area contributed by atoms with Crippen LogP contribution in [-0.2, 0) is 11.2 Å². The molecule has 3 aromatic rings. The first-order valence-corrected chi connectivity index (χ1v) is 11.1. The van der Waals surface area contributed by atoms with Gasteiger partial charge in [-0.2, -0.15) is 9.64 Å². The van der Waals surface area contributed by atoms with E-state index in [1.165, 1.54) is 22.7 Å². The van der Waals surface area contributed by atoms with Crippen molar-refractivity contribution in [1.29, 1.82) is 5.26 Å². The van der Waals surface area contributed by atoms with Gasteiger partial charge in [-0.15, -0.1) is 0 Å². The molecule has 5 rings (SSSR count). The standard InChI is InChI=1S/C21H22N8OS/c1-2-16-27-21(31-29-16)28-20(30)18-15-6-11(5-12(15)9-25-18)8-24-17-13(7-22)10-26-19-14(17)3-4-23-19/h3-4,10-11,18,25H,2,5-6,8-9H2,1H3,(H2,23,24,26)(H,27,28,29,30)/t11-,18-/m0/s1. The highest BCUT2D eigenvalue weighted by Crippen LogP contribution is 2.37. The fraction of sp³-hybridized carbons (Fsp3) is 0.381. The molecule has 0 fully saturated rings. The van der Waals surface area contributed by atoms with Crippen LogP contribution in [0.25, 0.3) is 11.0 Å². The average Bonchev–Trinajstić information content (AvgIpc) is 3.54. The third-order valence-corrected chi connectivity index (χ3v) is 6.59. The van der Waals surface area contributed by atoms with Crippen molar-refractivity contribution in [1.82, 2.24) is 24.6 Å². The van der Waals surface area contributed by atoms with Crippen LogP contribution in [0.5, 0.6) is 0 Å². The van der Waals surface area contributed by atoms with E-state index in [-0.39, 0.29) is 11.9 Å². The van der Waals surface area contributed by atoms with Crippen LogP contribution in [0.1, 0.15) is 31.2 Å². The van der Waals surface area contributed by atoms with Gasteiger partial charge in [-0.25, -0.2) is 9.97 Å². The lowest BCUT2D eigenvalue weighted by Gasteiger charge is -2.18. The Morgan fingerprint density at radius 2 is 2.32 bits per heavy atom. The van der Waals surface area contributed by atoms with Gasteiger partial charge in [0.2, 0.25) is 11.0 Å². The minimum atomic E-state index is -0.319. The third kappa shape index (κ3) is 3.66. The maximum absolute atomic E-state index is 12.8. The average molecular weight is 435 g/mol. The van der Waals surface area contributed by atoms with E-state index in [4.69, 9.17) is 0 Å². The molecule has 10 heteroatoms.